The standard InChI is InChI=1S/C17H17ClN2O2/c1-12-9-17(22-8-7-18)19-20(12)15-5-3-14-11-16(21-2)6-4-13(14)10-15/h3-6,9-11H,7-8H2,1-2H3. The van der Waals surface area contributed by atoms with Gasteiger partial charge in [-0.1, -0.05) is 12.1 Å². The highest BCUT2D eigenvalue weighted by atomic mass is 35.5. The molecule has 1 heterocycles. The predicted molar refractivity (Wildman–Crippen MR) is 88.6 cm³/mol. The molecule has 4 nitrogen and oxygen atoms in total. The molecule has 0 bridgehead atoms. The Labute approximate surface area is 134 Å². The van der Waals surface area contributed by atoms with Gasteiger partial charge in [0.2, 0.25) is 5.88 Å². The first-order chi connectivity index (χ1) is 10.7. The summed E-state index contributed by atoms with van der Waals surface area (Å²) in [6, 6.07) is 14.1. The number of ether oxygens (including phenoxy) is 2. The van der Waals surface area contributed by atoms with E-state index in [0.717, 1.165) is 27.9 Å². The van der Waals surface area contributed by atoms with E-state index in [9.17, 15) is 0 Å². The topological polar surface area (TPSA) is 36.3 Å². The molecule has 1 aromatic heterocycles. The van der Waals surface area contributed by atoms with Gasteiger partial charge >= 0.3 is 0 Å². The third kappa shape index (κ3) is 2.88. The molecule has 114 valence electrons. The van der Waals surface area contributed by atoms with Gasteiger partial charge in [0.25, 0.3) is 0 Å². The van der Waals surface area contributed by atoms with Crippen molar-refractivity contribution in [3.05, 3.63) is 48.2 Å². The minimum absolute atomic E-state index is 0.448. The smallest absolute Gasteiger partial charge is 0.233 e. The Hall–Kier alpha value is -2.20. The van der Waals surface area contributed by atoms with Crippen LogP contribution >= 0.6 is 11.6 Å². The van der Waals surface area contributed by atoms with Gasteiger partial charge in [0.05, 0.1) is 18.7 Å². The molecule has 0 radical (unpaired) electrons. The van der Waals surface area contributed by atoms with E-state index in [-0.39, 0.29) is 0 Å². The highest BCUT2D eigenvalue weighted by molar-refractivity contribution is 6.18. The molecule has 2 aromatic carbocycles. The lowest BCUT2D eigenvalue weighted by molar-refractivity contribution is 0.327. The summed E-state index contributed by atoms with van der Waals surface area (Å²) in [5.41, 5.74) is 2.01. The summed E-state index contributed by atoms with van der Waals surface area (Å²) in [6.45, 7) is 2.45. The Morgan fingerprint density at radius 2 is 1.86 bits per heavy atom. The first-order valence-corrected chi connectivity index (χ1v) is 7.58. The fourth-order valence-electron chi connectivity index (χ4n) is 2.39. The molecule has 0 atom stereocenters. The van der Waals surface area contributed by atoms with E-state index in [1.807, 2.05) is 41.9 Å². The van der Waals surface area contributed by atoms with E-state index in [1.54, 1.807) is 7.11 Å². The Kier molecular flexibility index (Phi) is 4.20. The minimum Gasteiger partial charge on any atom is -0.497 e. The van der Waals surface area contributed by atoms with Crippen molar-refractivity contribution in [1.82, 2.24) is 9.78 Å². The summed E-state index contributed by atoms with van der Waals surface area (Å²) < 4.78 is 12.6. The quantitative estimate of drug-likeness (QED) is 0.668. The van der Waals surface area contributed by atoms with Gasteiger partial charge in [0.1, 0.15) is 12.4 Å². The van der Waals surface area contributed by atoms with Crippen molar-refractivity contribution < 1.29 is 9.47 Å². The van der Waals surface area contributed by atoms with Crippen molar-refractivity contribution in [2.45, 2.75) is 6.92 Å². The number of hydrogen-bond acceptors (Lipinski definition) is 3. The van der Waals surface area contributed by atoms with Crippen LogP contribution in [0.15, 0.2) is 42.5 Å². The van der Waals surface area contributed by atoms with Gasteiger partial charge in [0, 0.05) is 11.8 Å². The lowest BCUT2D eigenvalue weighted by Crippen LogP contribution is -2.01. The molecule has 5 heteroatoms. The molecule has 0 saturated carbocycles. The van der Waals surface area contributed by atoms with Crippen molar-refractivity contribution in [2.24, 2.45) is 0 Å². The molecule has 0 spiro atoms. The Morgan fingerprint density at radius 1 is 1.09 bits per heavy atom. The van der Waals surface area contributed by atoms with Crippen LogP contribution in [0.1, 0.15) is 5.69 Å². The van der Waals surface area contributed by atoms with Gasteiger partial charge in [-0.2, -0.15) is 0 Å². The van der Waals surface area contributed by atoms with Crippen LogP contribution in [0.25, 0.3) is 16.5 Å². The molecule has 0 aliphatic heterocycles. The summed E-state index contributed by atoms with van der Waals surface area (Å²) in [6.07, 6.45) is 0. The normalized spacial score (nSPS) is 10.9. The lowest BCUT2D eigenvalue weighted by Gasteiger charge is -2.07. The van der Waals surface area contributed by atoms with E-state index in [2.05, 4.69) is 17.2 Å². The van der Waals surface area contributed by atoms with Gasteiger partial charge < -0.3 is 9.47 Å². The van der Waals surface area contributed by atoms with Gasteiger partial charge in [-0.3, -0.25) is 0 Å². The van der Waals surface area contributed by atoms with Crippen molar-refractivity contribution in [2.75, 3.05) is 19.6 Å². The maximum absolute atomic E-state index is 5.64. The molecule has 3 aromatic rings. The number of halogens is 1. The average Bonchev–Trinajstić information content (AvgIpc) is 2.92. The van der Waals surface area contributed by atoms with Crippen LogP contribution in [0.2, 0.25) is 0 Å². The Balaban J connectivity index is 1.97. The van der Waals surface area contributed by atoms with Gasteiger partial charge in [-0.15, -0.1) is 16.7 Å². The van der Waals surface area contributed by atoms with Crippen LogP contribution in [0.5, 0.6) is 11.6 Å². The largest absolute Gasteiger partial charge is 0.497 e. The molecule has 0 saturated heterocycles. The van der Waals surface area contributed by atoms with Crippen LogP contribution in [0, 0.1) is 6.92 Å². The molecule has 0 aliphatic rings. The first-order valence-electron chi connectivity index (χ1n) is 7.05. The fraction of sp³-hybridized carbons (Fsp3) is 0.235. The van der Waals surface area contributed by atoms with Crippen LogP contribution in [-0.4, -0.2) is 29.4 Å². The number of methoxy groups -OCH3 is 1. The average molecular weight is 317 g/mol. The first kappa shape index (κ1) is 14.7. The third-order valence-corrected chi connectivity index (χ3v) is 3.62. The summed E-state index contributed by atoms with van der Waals surface area (Å²) >= 11 is 5.64. The summed E-state index contributed by atoms with van der Waals surface area (Å²) in [5.74, 6) is 1.89. The number of nitrogens with zero attached hydrogens (tertiary/aromatic N) is 2. The molecular weight excluding hydrogens is 300 g/mol. The monoisotopic (exact) mass is 316 g/mol. The van der Waals surface area contributed by atoms with Crippen molar-refractivity contribution >= 4 is 22.4 Å². The predicted octanol–water partition coefficient (Wildman–Crippen LogP) is 3.96. The number of aromatic nitrogens is 2. The zero-order valence-corrected chi connectivity index (χ0v) is 13.3. The second kappa shape index (κ2) is 6.28. The number of hydrogen-bond donors (Lipinski definition) is 0. The number of aryl methyl sites for hydroxylation is 1. The highest BCUT2D eigenvalue weighted by Gasteiger charge is 2.08. The number of benzene rings is 2. The van der Waals surface area contributed by atoms with E-state index in [0.29, 0.717) is 18.4 Å². The van der Waals surface area contributed by atoms with Crippen LogP contribution in [0.3, 0.4) is 0 Å². The summed E-state index contributed by atoms with van der Waals surface area (Å²) in [5, 5.41) is 6.74. The minimum atomic E-state index is 0.448. The summed E-state index contributed by atoms with van der Waals surface area (Å²) in [4.78, 5) is 0. The lowest BCUT2D eigenvalue weighted by atomic mass is 10.1. The zero-order valence-electron chi connectivity index (χ0n) is 12.5. The summed E-state index contributed by atoms with van der Waals surface area (Å²) in [7, 11) is 1.67. The molecule has 0 aliphatic carbocycles. The zero-order chi connectivity index (χ0) is 15.5. The Bertz CT molecular complexity index is 798. The third-order valence-electron chi connectivity index (χ3n) is 3.47. The van der Waals surface area contributed by atoms with Crippen molar-refractivity contribution in [1.29, 1.82) is 0 Å². The Morgan fingerprint density at radius 3 is 2.64 bits per heavy atom. The second-order valence-corrected chi connectivity index (χ2v) is 5.35. The molecule has 22 heavy (non-hydrogen) atoms. The number of alkyl halides is 1. The highest BCUT2D eigenvalue weighted by Crippen LogP contribution is 2.24. The molecule has 0 fully saturated rings. The second-order valence-electron chi connectivity index (χ2n) is 4.97. The number of fused-ring (bicyclic) bond motifs is 1. The van der Waals surface area contributed by atoms with Crippen molar-refractivity contribution in [3.8, 4) is 17.3 Å². The molecule has 0 amide bonds. The van der Waals surface area contributed by atoms with E-state index >= 15 is 0 Å². The van der Waals surface area contributed by atoms with Crippen LogP contribution < -0.4 is 9.47 Å². The number of rotatable bonds is 5. The molecular formula is C17H17ClN2O2. The van der Waals surface area contributed by atoms with Gasteiger partial charge in [-0.05, 0) is 42.0 Å². The maximum atomic E-state index is 5.64. The van der Waals surface area contributed by atoms with Crippen molar-refractivity contribution in [3.63, 3.8) is 0 Å². The van der Waals surface area contributed by atoms with Gasteiger partial charge in [-0.25, -0.2) is 4.68 Å². The van der Waals surface area contributed by atoms with Gasteiger partial charge in [0.15, 0.2) is 0 Å². The van der Waals surface area contributed by atoms with E-state index in [1.165, 1.54) is 0 Å². The van der Waals surface area contributed by atoms with E-state index in [4.69, 9.17) is 21.1 Å². The van der Waals surface area contributed by atoms with Crippen LogP contribution in [-0.2, 0) is 0 Å². The fourth-order valence-corrected chi connectivity index (χ4v) is 2.47. The molecule has 0 unspecified atom stereocenters. The SMILES string of the molecule is COc1ccc2cc(-n3nc(OCCCl)cc3C)ccc2c1. The van der Waals surface area contributed by atoms with E-state index < -0.39 is 0 Å². The molecule has 3 rings (SSSR count). The molecule has 0 N–H and O–H groups in total. The maximum Gasteiger partial charge on any atom is 0.233 e. The van der Waals surface area contributed by atoms with Crippen LogP contribution in [0.4, 0.5) is 0 Å².